The quantitative estimate of drug-likeness (QED) is 0.637. The number of unbranched alkanes of at least 4 members (excludes halogenated alkanes) is 1. The third-order valence-corrected chi connectivity index (χ3v) is 4.93. The summed E-state index contributed by atoms with van der Waals surface area (Å²) >= 11 is 8.67. The van der Waals surface area contributed by atoms with Crippen molar-refractivity contribution in [2.75, 3.05) is 6.54 Å². The van der Waals surface area contributed by atoms with Crippen molar-refractivity contribution in [3.8, 4) is 12.3 Å². The standard InChI is InChI=1S/C10H11Br2NS/c1-2-3-4-5-13-7-8-6-9(11)10(12)14-8/h1,6,13H,3-5,7H2. The molecular formula is C10H11Br2NS. The highest BCUT2D eigenvalue weighted by atomic mass is 79.9. The Morgan fingerprint density at radius 3 is 2.86 bits per heavy atom. The summed E-state index contributed by atoms with van der Waals surface area (Å²) in [6.07, 6.45) is 7.05. The summed E-state index contributed by atoms with van der Waals surface area (Å²) in [6, 6.07) is 2.13. The SMILES string of the molecule is C#CCCCNCc1cc(Br)c(Br)s1. The largest absolute Gasteiger partial charge is 0.312 e. The maximum atomic E-state index is 5.16. The molecule has 0 aliphatic rings. The van der Waals surface area contributed by atoms with Crippen LogP contribution < -0.4 is 5.32 Å². The van der Waals surface area contributed by atoms with Crippen molar-refractivity contribution < 1.29 is 0 Å². The van der Waals surface area contributed by atoms with Crippen molar-refractivity contribution in [1.82, 2.24) is 5.32 Å². The second-order valence-electron chi connectivity index (χ2n) is 2.82. The summed E-state index contributed by atoms with van der Waals surface area (Å²) in [6.45, 7) is 1.90. The van der Waals surface area contributed by atoms with Gasteiger partial charge in [0, 0.05) is 22.3 Å². The molecule has 0 aromatic carbocycles. The number of halogens is 2. The monoisotopic (exact) mass is 335 g/mol. The number of rotatable bonds is 5. The fraction of sp³-hybridized carbons (Fsp3) is 0.400. The maximum absolute atomic E-state index is 5.16. The predicted molar refractivity (Wildman–Crippen MR) is 69.5 cm³/mol. The topological polar surface area (TPSA) is 12.0 Å². The van der Waals surface area contributed by atoms with E-state index in [0.717, 1.165) is 34.2 Å². The summed E-state index contributed by atoms with van der Waals surface area (Å²) < 4.78 is 2.28. The second kappa shape index (κ2) is 6.62. The van der Waals surface area contributed by atoms with Gasteiger partial charge in [-0.1, -0.05) is 0 Å². The van der Waals surface area contributed by atoms with Crippen LogP contribution in [0.3, 0.4) is 0 Å². The summed E-state index contributed by atoms with van der Waals surface area (Å²) in [5.74, 6) is 2.63. The molecule has 0 bridgehead atoms. The molecule has 0 fully saturated rings. The Balaban J connectivity index is 2.22. The van der Waals surface area contributed by atoms with E-state index in [1.54, 1.807) is 11.3 Å². The van der Waals surface area contributed by atoms with Crippen LogP contribution in [0.15, 0.2) is 14.3 Å². The lowest BCUT2D eigenvalue weighted by Gasteiger charge is -1.99. The van der Waals surface area contributed by atoms with Gasteiger partial charge in [-0.3, -0.25) is 0 Å². The van der Waals surface area contributed by atoms with Crippen LogP contribution in [0.5, 0.6) is 0 Å². The lowest BCUT2D eigenvalue weighted by atomic mass is 10.3. The van der Waals surface area contributed by atoms with Gasteiger partial charge in [-0.25, -0.2) is 0 Å². The molecule has 1 nitrogen and oxygen atoms in total. The van der Waals surface area contributed by atoms with Crippen molar-refractivity contribution >= 4 is 43.2 Å². The molecule has 4 heteroatoms. The first-order valence-electron chi connectivity index (χ1n) is 4.32. The van der Waals surface area contributed by atoms with Gasteiger partial charge < -0.3 is 5.32 Å². The van der Waals surface area contributed by atoms with Gasteiger partial charge in [0.2, 0.25) is 0 Å². The summed E-state index contributed by atoms with van der Waals surface area (Å²) in [5, 5.41) is 3.35. The molecule has 0 radical (unpaired) electrons. The van der Waals surface area contributed by atoms with E-state index in [4.69, 9.17) is 6.42 Å². The molecule has 0 atom stereocenters. The first-order chi connectivity index (χ1) is 6.74. The summed E-state index contributed by atoms with van der Waals surface area (Å²) in [5.41, 5.74) is 0. The van der Waals surface area contributed by atoms with E-state index in [9.17, 15) is 0 Å². The van der Waals surface area contributed by atoms with Crippen LogP contribution in [0.4, 0.5) is 0 Å². The Morgan fingerprint density at radius 1 is 1.50 bits per heavy atom. The third kappa shape index (κ3) is 4.14. The summed E-state index contributed by atoms with van der Waals surface area (Å²) in [7, 11) is 0. The molecule has 0 unspecified atom stereocenters. The maximum Gasteiger partial charge on any atom is 0.0843 e. The zero-order chi connectivity index (χ0) is 10.4. The van der Waals surface area contributed by atoms with Gasteiger partial charge >= 0.3 is 0 Å². The molecule has 0 aliphatic carbocycles. The van der Waals surface area contributed by atoms with Crippen molar-refractivity contribution in [2.24, 2.45) is 0 Å². The smallest absolute Gasteiger partial charge is 0.0843 e. The van der Waals surface area contributed by atoms with Crippen LogP contribution in [0.2, 0.25) is 0 Å². The molecule has 76 valence electrons. The first-order valence-corrected chi connectivity index (χ1v) is 6.72. The van der Waals surface area contributed by atoms with Crippen molar-refractivity contribution in [1.29, 1.82) is 0 Å². The molecule has 0 spiro atoms. The number of nitrogens with one attached hydrogen (secondary N) is 1. The normalized spacial score (nSPS) is 10.1. The highest BCUT2D eigenvalue weighted by Crippen LogP contribution is 2.32. The van der Waals surface area contributed by atoms with Crippen LogP contribution in [0.25, 0.3) is 0 Å². The highest BCUT2D eigenvalue weighted by molar-refractivity contribution is 9.13. The Hall–Kier alpha value is 0.180. The average Bonchev–Trinajstić information content (AvgIpc) is 2.46. The first kappa shape index (κ1) is 12.3. The van der Waals surface area contributed by atoms with Crippen LogP contribution in [-0.2, 0) is 6.54 Å². The Kier molecular flexibility index (Phi) is 5.80. The molecule has 1 aromatic heterocycles. The van der Waals surface area contributed by atoms with E-state index >= 15 is 0 Å². The molecule has 1 N–H and O–H groups in total. The van der Waals surface area contributed by atoms with Gasteiger partial charge in [-0.15, -0.1) is 23.7 Å². The highest BCUT2D eigenvalue weighted by Gasteiger charge is 2.02. The minimum Gasteiger partial charge on any atom is -0.312 e. The minimum atomic E-state index is 0.852. The fourth-order valence-electron chi connectivity index (χ4n) is 1.01. The van der Waals surface area contributed by atoms with Crippen molar-refractivity contribution in [2.45, 2.75) is 19.4 Å². The Morgan fingerprint density at radius 2 is 2.29 bits per heavy atom. The van der Waals surface area contributed by atoms with Crippen molar-refractivity contribution in [3.05, 3.63) is 19.2 Å². The van der Waals surface area contributed by atoms with E-state index in [1.165, 1.54) is 4.88 Å². The van der Waals surface area contributed by atoms with Gasteiger partial charge in [0.25, 0.3) is 0 Å². The van der Waals surface area contributed by atoms with E-state index < -0.39 is 0 Å². The molecule has 0 amide bonds. The van der Waals surface area contributed by atoms with Gasteiger partial charge in [0.15, 0.2) is 0 Å². The average molecular weight is 337 g/mol. The number of hydrogen-bond acceptors (Lipinski definition) is 2. The molecule has 1 rings (SSSR count). The van der Waals surface area contributed by atoms with E-state index in [-0.39, 0.29) is 0 Å². The lowest BCUT2D eigenvalue weighted by molar-refractivity contribution is 0.664. The Labute approximate surface area is 106 Å². The van der Waals surface area contributed by atoms with E-state index in [0.29, 0.717) is 0 Å². The van der Waals surface area contributed by atoms with Crippen LogP contribution in [0, 0.1) is 12.3 Å². The molecule has 0 saturated heterocycles. The van der Waals surface area contributed by atoms with Crippen molar-refractivity contribution in [3.63, 3.8) is 0 Å². The zero-order valence-electron chi connectivity index (χ0n) is 7.65. The molecule has 1 aromatic rings. The zero-order valence-corrected chi connectivity index (χ0v) is 11.6. The van der Waals surface area contributed by atoms with Gasteiger partial charge in [0.1, 0.15) is 0 Å². The second-order valence-corrected chi connectivity index (χ2v) is 6.13. The fourth-order valence-corrected chi connectivity index (χ4v) is 3.15. The molecular weight excluding hydrogens is 326 g/mol. The number of hydrogen-bond donors (Lipinski definition) is 1. The predicted octanol–water partition coefficient (Wildman–Crippen LogP) is 3.78. The van der Waals surface area contributed by atoms with E-state index in [2.05, 4.69) is 49.2 Å². The molecule has 1 heterocycles. The van der Waals surface area contributed by atoms with Gasteiger partial charge in [-0.2, -0.15) is 0 Å². The van der Waals surface area contributed by atoms with Gasteiger partial charge in [0.05, 0.1) is 3.79 Å². The van der Waals surface area contributed by atoms with Crippen LogP contribution in [0.1, 0.15) is 17.7 Å². The van der Waals surface area contributed by atoms with Crippen LogP contribution >= 0.6 is 43.2 Å². The lowest BCUT2D eigenvalue weighted by Crippen LogP contribution is -2.13. The summed E-state index contributed by atoms with van der Waals surface area (Å²) in [4.78, 5) is 1.32. The van der Waals surface area contributed by atoms with Crippen LogP contribution in [-0.4, -0.2) is 6.54 Å². The van der Waals surface area contributed by atoms with Gasteiger partial charge in [-0.05, 0) is 50.9 Å². The number of terminal acetylenes is 1. The molecule has 14 heavy (non-hydrogen) atoms. The Bertz CT molecular complexity index is 308. The minimum absolute atomic E-state index is 0.852. The molecule has 0 aliphatic heterocycles. The number of thiophene rings is 1. The molecule has 0 saturated carbocycles. The van der Waals surface area contributed by atoms with E-state index in [1.807, 2.05) is 0 Å². The third-order valence-electron chi connectivity index (χ3n) is 1.67.